The van der Waals surface area contributed by atoms with Crippen LogP contribution < -0.4 is 4.74 Å². The van der Waals surface area contributed by atoms with E-state index in [1.807, 2.05) is 13.0 Å². The summed E-state index contributed by atoms with van der Waals surface area (Å²) in [6.45, 7) is 10.3. The van der Waals surface area contributed by atoms with E-state index in [-0.39, 0.29) is 6.04 Å². The van der Waals surface area contributed by atoms with Crippen LogP contribution in [0.4, 0.5) is 0 Å². The lowest BCUT2D eigenvalue weighted by atomic mass is 10.1. The summed E-state index contributed by atoms with van der Waals surface area (Å²) in [6, 6.07) is 8.89. The summed E-state index contributed by atoms with van der Waals surface area (Å²) in [4.78, 5) is 4.92. The highest BCUT2D eigenvalue weighted by atomic mass is 16.5. The fourth-order valence-corrected chi connectivity index (χ4v) is 3.26. The second kappa shape index (κ2) is 7.32. The number of benzene rings is 1. The van der Waals surface area contributed by atoms with E-state index in [1.54, 1.807) is 7.11 Å². The average Bonchev–Trinajstić information content (AvgIpc) is 3.07. The fraction of sp³-hybridized carbons (Fsp3) is 0.556. The van der Waals surface area contributed by atoms with Crippen LogP contribution in [0.3, 0.4) is 0 Å². The number of aryl methyl sites for hydroxylation is 1. The maximum atomic E-state index is 5.58. The number of piperazine rings is 1. The molecule has 6 heteroatoms. The standard InChI is InChI=1S/C18H26N4O2/c1-13(16-6-5-7-17(12-16)23-4)21-8-10-22(11-9-21)14(2)18-20-19-15(3)24-18/h5-7,12-14H,8-11H2,1-4H3. The lowest BCUT2D eigenvalue weighted by Gasteiger charge is -2.39. The molecule has 1 aliphatic heterocycles. The first kappa shape index (κ1) is 16.9. The summed E-state index contributed by atoms with van der Waals surface area (Å²) < 4.78 is 10.9. The van der Waals surface area contributed by atoms with E-state index >= 15 is 0 Å². The minimum atomic E-state index is 0.167. The van der Waals surface area contributed by atoms with Crippen LogP contribution in [0.15, 0.2) is 28.7 Å². The molecule has 0 spiro atoms. The highest BCUT2D eigenvalue weighted by molar-refractivity contribution is 5.30. The number of nitrogens with zero attached hydrogens (tertiary/aromatic N) is 4. The molecular weight excluding hydrogens is 304 g/mol. The van der Waals surface area contributed by atoms with Crippen molar-refractivity contribution in [3.63, 3.8) is 0 Å². The van der Waals surface area contributed by atoms with E-state index in [9.17, 15) is 0 Å². The van der Waals surface area contributed by atoms with Crippen LogP contribution in [-0.4, -0.2) is 53.3 Å². The Balaban J connectivity index is 1.60. The van der Waals surface area contributed by atoms with E-state index in [4.69, 9.17) is 9.15 Å². The van der Waals surface area contributed by atoms with Gasteiger partial charge in [0.1, 0.15) is 5.75 Å². The SMILES string of the molecule is COc1cccc(C(C)N2CCN(C(C)c3nnc(C)o3)CC2)c1. The smallest absolute Gasteiger partial charge is 0.233 e. The summed E-state index contributed by atoms with van der Waals surface area (Å²) in [7, 11) is 1.71. The van der Waals surface area contributed by atoms with Gasteiger partial charge in [0.25, 0.3) is 0 Å². The van der Waals surface area contributed by atoms with Crippen LogP contribution in [0.25, 0.3) is 0 Å². The van der Waals surface area contributed by atoms with Gasteiger partial charge in [-0.15, -0.1) is 10.2 Å². The Bertz CT molecular complexity index is 665. The predicted molar refractivity (Wildman–Crippen MR) is 92.0 cm³/mol. The molecule has 1 fully saturated rings. The second-order valence-corrected chi connectivity index (χ2v) is 6.36. The summed E-state index contributed by atoms with van der Waals surface area (Å²) in [5.74, 6) is 2.25. The van der Waals surface area contributed by atoms with Crippen LogP contribution in [0, 0.1) is 6.92 Å². The second-order valence-electron chi connectivity index (χ2n) is 6.36. The summed E-state index contributed by atoms with van der Waals surface area (Å²) in [5, 5.41) is 8.09. The molecule has 0 aliphatic carbocycles. The van der Waals surface area contributed by atoms with Crippen LogP contribution >= 0.6 is 0 Å². The molecule has 1 aromatic heterocycles. The minimum absolute atomic E-state index is 0.167. The van der Waals surface area contributed by atoms with Gasteiger partial charge in [-0.25, -0.2) is 0 Å². The van der Waals surface area contributed by atoms with Crippen molar-refractivity contribution in [1.82, 2.24) is 20.0 Å². The van der Waals surface area contributed by atoms with Gasteiger partial charge in [0.15, 0.2) is 0 Å². The molecule has 1 aliphatic rings. The summed E-state index contributed by atoms with van der Waals surface area (Å²) >= 11 is 0. The van der Waals surface area contributed by atoms with Crippen LogP contribution in [0.2, 0.25) is 0 Å². The zero-order chi connectivity index (χ0) is 17.1. The van der Waals surface area contributed by atoms with E-state index < -0.39 is 0 Å². The van der Waals surface area contributed by atoms with E-state index in [0.29, 0.717) is 17.8 Å². The molecule has 0 N–H and O–H groups in total. The normalized spacial score (nSPS) is 19.2. The van der Waals surface area contributed by atoms with E-state index in [2.05, 4.69) is 52.0 Å². The zero-order valence-electron chi connectivity index (χ0n) is 14.9. The fourth-order valence-electron chi connectivity index (χ4n) is 3.26. The lowest BCUT2D eigenvalue weighted by molar-refractivity contribution is 0.0696. The predicted octanol–water partition coefficient (Wildman–Crippen LogP) is 2.83. The molecule has 130 valence electrons. The Morgan fingerprint density at radius 1 is 1.04 bits per heavy atom. The van der Waals surface area contributed by atoms with Crippen molar-refractivity contribution in [3.05, 3.63) is 41.6 Å². The molecule has 24 heavy (non-hydrogen) atoms. The number of rotatable bonds is 5. The number of hydrogen-bond donors (Lipinski definition) is 0. The number of aromatic nitrogens is 2. The van der Waals surface area contributed by atoms with Crippen molar-refractivity contribution < 1.29 is 9.15 Å². The van der Waals surface area contributed by atoms with Crippen molar-refractivity contribution in [1.29, 1.82) is 0 Å². The monoisotopic (exact) mass is 330 g/mol. The Morgan fingerprint density at radius 3 is 2.29 bits per heavy atom. The van der Waals surface area contributed by atoms with Crippen LogP contribution in [0.5, 0.6) is 5.75 Å². The first-order valence-electron chi connectivity index (χ1n) is 8.50. The molecule has 0 radical (unpaired) electrons. The van der Waals surface area contributed by atoms with Gasteiger partial charge in [0, 0.05) is 39.1 Å². The molecule has 6 nitrogen and oxygen atoms in total. The summed E-state index contributed by atoms with van der Waals surface area (Å²) in [5.41, 5.74) is 1.29. The summed E-state index contributed by atoms with van der Waals surface area (Å²) in [6.07, 6.45) is 0. The van der Waals surface area contributed by atoms with Gasteiger partial charge in [-0.3, -0.25) is 9.80 Å². The number of hydrogen-bond acceptors (Lipinski definition) is 6. The molecule has 0 bridgehead atoms. The third-order valence-electron chi connectivity index (χ3n) is 4.92. The van der Waals surface area contributed by atoms with Crippen molar-refractivity contribution in [3.8, 4) is 5.75 Å². The van der Waals surface area contributed by atoms with E-state index in [1.165, 1.54) is 5.56 Å². The van der Waals surface area contributed by atoms with Crippen molar-refractivity contribution in [2.75, 3.05) is 33.3 Å². The highest BCUT2D eigenvalue weighted by Gasteiger charge is 2.27. The molecular formula is C18H26N4O2. The maximum Gasteiger partial charge on any atom is 0.233 e. The van der Waals surface area contributed by atoms with Gasteiger partial charge in [0.2, 0.25) is 11.8 Å². The number of ether oxygens (including phenoxy) is 1. The largest absolute Gasteiger partial charge is 0.497 e. The minimum Gasteiger partial charge on any atom is -0.497 e. The van der Waals surface area contributed by atoms with Crippen molar-refractivity contribution in [2.45, 2.75) is 32.9 Å². The maximum absolute atomic E-state index is 5.58. The van der Waals surface area contributed by atoms with Crippen LogP contribution in [0.1, 0.15) is 43.3 Å². The van der Waals surface area contributed by atoms with Gasteiger partial charge in [-0.2, -0.15) is 0 Å². The molecule has 2 aromatic rings. The molecule has 3 rings (SSSR count). The Kier molecular flexibility index (Phi) is 5.16. The average molecular weight is 330 g/mol. The molecule has 2 unspecified atom stereocenters. The van der Waals surface area contributed by atoms with E-state index in [0.717, 1.165) is 31.9 Å². The molecule has 0 amide bonds. The van der Waals surface area contributed by atoms with Gasteiger partial charge in [0.05, 0.1) is 13.2 Å². The number of methoxy groups -OCH3 is 1. The Labute approximate surface area is 143 Å². The molecule has 1 aromatic carbocycles. The first-order chi connectivity index (χ1) is 11.6. The van der Waals surface area contributed by atoms with Crippen molar-refractivity contribution >= 4 is 0 Å². The molecule has 2 heterocycles. The van der Waals surface area contributed by atoms with Crippen LogP contribution in [-0.2, 0) is 0 Å². The third kappa shape index (κ3) is 3.60. The zero-order valence-corrected chi connectivity index (χ0v) is 14.9. The quantitative estimate of drug-likeness (QED) is 0.840. The van der Waals surface area contributed by atoms with Gasteiger partial charge < -0.3 is 9.15 Å². The molecule has 2 atom stereocenters. The molecule has 0 saturated carbocycles. The van der Waals surface area contributed by atoms with Gasteiger partial charge in [-0.1, -0.05) is 12.1 Å². The first-order valence-corrected chi connectivity index (χ1v) is 8.50. The lowest BCUT2D eigenvalue weighted by Crippen LogP contribution is -2.47. The highest BCUT2D eigenvalue weighted by Crippen LogP contribution is 2.27. The topological polar surface area (TPSA) is 54.6 Å². The Hall–Kier alpha value is -1.92. The third-order valence-corrected chi connectivity index (χ3v) is 4.92. The van der Waals surface area contributed by atoms with Gasteiger partial charge >= 0.3 is 0 Å². The van der Waals surface area contributed by atoms with Crippen molar-refractivity contribution in [2.24, 2.45) is 0 Å². The van der Waals surface area contributed by atoms with Gasteiger partial charge in [-0.05, 0) is 31.5 Å². The molecule has 1 saturated heterocycles. The Morgan fingerprint density at radius 2 is 1.71 bits per heavy atom.